The van der Waals surface area contributed by atoms with E-state index < -0.39 is 34.7 Å². The molecule has 1 saturated heterocycles. The predicted octanol–water partition coefficient (Wildman–Crippen LogP) is -0.725. The fraction of sp³-hybridized carbons (Fsp3) is 0.800. The SMILES string of the molecule is COC(=O)CN(C)S(=O)(=O)N1CCCCC1C(=O)O. The maximum atomic E-state index is 12.2. The summed E-state index contributed by atoms with van der Waals surface area (Å²) in [5, 5.41) is 9.07. The molecule has 19 heavy (non-hydrogen) atoms. The Hall–Kier alpha value is -1.19. The van der Waals surface area contributed by atoms with Crippen molar-refractivity contribution in [1.82, 2.24) is 8.61 Å². The van der Waals surface area contributed by atoms with Crippen molar-refractivity contribution in [1.29, 1.82) is 0 Å². The van der Waals surface area contributed by atoms with E-state index in [0.717, 1.165) is 15.7 Å². The summed E-state index contributed by atoms with van der Waals surface area (Å²) in [4.78, 5) is 22.2. The van der Waals surface area contributed by atoms with Gasteiger partial charge >= 0.3 is 11.9 Å². The third-order valence-electron chi connectivity index (χ3n) is 3.01. The minimum atomic E-state index is -3.98. The molecule has 110 valence electrons. The fourth-order valence-electron chi connectivity index (χ4n) is 1.93. The molecule has 0 saturated carbocycles. The summed E-state index contributed by atoms with van der Waals surface area (Å²) in [6.45, 7) is -0.299. The Morgan fingerprint density at radius 1 is 1.42 bits per heavy atom. The van der Waals surface area contributed by atoms with Crippen molar-refractivity contribution >= 4 is 22.1 Å². The second-order valence-corrected chi connectivity index (χ2v) is 6.29. The number of likely N-dealkylation sites (N-methyl/N-ethyl adjacent to an activating group) is 1. The first-order valence-corrected chi connectivity index (χ1v) is 7.23. The quantitative estimate of drug-likeness (QED) is 0.671. The van der Waals surface area contributed by atoms with Gasteiger partial charge in [0, 0.05) is 13.6 Å². The number of hydrogen-bond acceptors (Lipinski definition) is 5. The molecule has 8 nitrogen and oxygen atoms in total. The summed E-state index contributed by atoms with van der Waals surface area (Å²) >= 11 is 0. The number of carbonyl (C=O) groups is 2. The minimum absolute atomic E-state index is 0.144. The van der Waals surface area contributed by atoms with Crippen molar-refractivity contribution in [2.45, 2.75) is 25.3 Å². The Bertz CT molecular complexity index is 449. The van der Waals surface area contributed by atoms with E-state index in [0.29, 0.717) is 12.8 Å². The van der Waals surface area contributed by atoms with E-state index in [-0.39, 0.29) is 13.0 Å². The highest BCUT2D eigenvalue weighted by Crippen LogP contribution is 2.22. The van der Waals surface area contributed by atoms with Crippen molar-refractivity contribution < 1.29 is 27.9 Å². The lowest BCUT2D eigenvalue weighted by molar-refractivity contribution is -0.142. The van der Waals surface area contributed by atoms with Gasteiger partial charge in [-0.3, -0.25) is 9.59 Å². The van der Waals surface area contributed by atoms with Gasteiger partial charge in [-0.25, -0.2) is 0 Å². The van der Waals surface area contributed by atoms with E-state index >= 15 is 0 Å². The lowest BCUT2D eigenvalue weighted by atomic mass is 10.1. The van der Waals surface area contributed by atoms with Crippen LogP contribution in [0.4, 0.5) is 0 Å². The highest BCUT2D eigenvalue weighted by Gasteiger charge is 2.39. The van der Waals surface area contributed by atoms with Crippen LogP contribution in [-0.4, -0.2) is 67.4 Å². The van der Waals surface area contributed by atoms with Crippen molar-refractivity contribution in [3.05, 3.63) is 0 Å². The molecule has 1 N–H and O–H groups in total. The number of methoxy groups -OCH3 is 1. The van der Waals surface area contributed by atoms with Crippen molar-refractivity contribution in [2.75, 3.05) is 27.2 Å². The van der Waals surface area contributed by atoms with Gasteiger partial charge in [-0.2, -0.15) is 17.0 Å². The molecule has 0 spiro atoms. The molecule has 1 unspecified atom stereocenters. The molecule has 9 heteroatoms. The van der Waals surface area contributed by atoms with Gasteiger partial charge in [0.2, 0.25) is 0 Å². The van der Waals surface area contributed by atoms with E-state index in [4.69, 9.17) is 5.11 Å². The number of piperidine rings is 1. The number of hydrogen-bond donors (Lipinski definition) is 1. The number of nitrogens with zero attached hydrogens (tertiary/aromatic N) is 2. The lowest BCUT2D eigenvalue weighted by Gasteiger charge is -2.34. The molecule has 0 amide bonds. The number of ether oxygens (including phenoxy) is 1. The molecule has 1 aliphatic rings. The van der Waals surface area contributed by atoms with Crippen LogP contribution in [0.25, 0.3) is 0 Å². The number of aliphatic carboxylic acids is 1. The molecule has 0 aromatic carbocycles. The highest BCUT2D eigenvalue weighted by molar-refractivity contribution is 7.86. The topological polar surface area (TPSA) is 104 Å². The van der Waals surface area contributed by atoms with Gasteiger partial charge in [-0.05, 0) is 19.3 Å². The zero-order chi connectivity index (χ0) is 14.6. The molecule has 0 radical (unpaired) electrons. The van der Waals surface area contributed by atoms with E-state index in [1.54, 1.807) is 0 Å². The predicted molar refractivity (Wildman–Crippen MR) is 65.5 cm³/mol. The third-order valence-corrected chi connectivity index (χ3v) is 4.95. The first kappa shape index (κ1) is 15.9. The van der Waals surface area contributed by atoms with Crippen LogP contribution in [0.1, 0.15) is 19.3 Å². The summed E-state index contributed by atoms with van der Waals surface area (Å²) in [5.41, 5.74) is 0. The first-order chi connectivity index (χ1) is 8.80. The lowest BCUT2D eigenvalue weighted by Crippen LogP contribution is -2.53. The van der Waals surface area contributed by atoms with Crippen LogP contribution < -0.4 is 0 Å². The van der Waals surface area contributed by atoms with Gasteiger partial charge in [-0.15, -0.1) is 0 Å². The molecule has 0 aromatic rings. The normalized spacial score (nSPS) is 21.3. The Labute approximate surface area is 112 Å². The smallest absolute Gasteiger partial charge is 0.322 e. The molecular formula is C10H18N2O6S. The van der Waals surface area contributed by atoms with Crippen molar-refractivity contribution in [3.63, 3.8) is 0 Å². The number of rotatable bonds is 5. The van der Waals surface area contributed by atoms with Crippen LogP contribution in [0, 0.1) is 0 Å². The van der Waals surface area contributed by atoms with Gasteiger partial charge in [-0.1, -0.05) is 0 Å². The van der Waals surface area contributed by atoms with Crippen LogP contribution >= 0.6 is 0 Å². The molecule has 1 aliphatic heterocycles. The van der Waals surface area contributed by atoms with Crippen LogP contribution in [0.5, 0.6) is 0 Å². The second kappa shape index (κ2) is 6.31. The van der Waals surface area contributed by atoms with Gasteiger partial charge < -0.3 is 9.84 Å². The standard InChI is InChI=1S/C10H18N2O6S/c1-11(7-9(13)18-2)19(16,17)12-6-4-3-5-8(12)10(14)15/h8H,3-7H2,1-2H3,(H,14,15). The Morgan fingerprint density at radius 2 is 2.05 bits per heavy atom. The van der Waals surface area contributed by atoms with Crippen LogP contribution in [0.3, 0.4) is 0 Å². The Morgan fingerprint density at radius 3 is 2.58 bits per heavy atom. The van der Waals surface area contributed by atoms with Gasteiger partial charge in [0.15, 0.2) is 0 Å². The van der Waals surface area contributed by atoms with E-state index in [1.807, 2.05) is 0 Å². The van der Waals surface area contributed by atoms with Gasteiger partial charge in [0.1, 0.15) is 12.6 Å². The molecule has 1 fully saturated rings. The summed E-state index contributed by atoms with van der Waals surface area (Å²) in [5.74, 6) is -1.87. The van der Waals surface area contributed by atoms with E-state index in [2.05, 4.69) is 4.74 Å². The second-order valence-electron chi connectivity index (χ2n) is 4.30. The van der Waals surface area contributed by atoms with Gasteiger partial charge in [0.05, 0.1) is 7.11 Å². The highest BCUT2D eigenvalue weighted by atomic mass is 32.2. The van der Waals surface area contributed by atoms with Crippen molar-refractivity contribution in [3.8, 4) is 0 Å². The third kappa shape index (κ3) is 3.64. The Balaban J connectivity index is 2.90. The molecule has 1 rings (SSSR count). The summed E-state index contributed by atoms with van der Waals surface area (Å²) in [7, 11) is -1.60. The summed E-state index contributed by atoms with van der Waals surface area (Å²) in [6, 6.07) is -1.07. The van der Waals surface area contributed by atoms with Crippen LogP contribution in [0.2, 0.25) is 0 Å². The number of carboxylic acids is 1. The maximum Gasteiger partial charge on any atom is 0.322 e. The average Bonchev–Trinajstić information content (AvgIpc) is 2.38. The van der Waals surface area contributed by atoms with E-state index in [9.17, 15) is 18.0 Å². The monoisotopic (exact) mass is 294 g/mol. The summed E-state index contributed by atoms with van der Waals surface area (Å²) < 4.78 is 30.6. The van der Waals surface area contributed by atoms with E-state index in [1.165, 1.54) is 7.05 Å². The maximum absolute atomic E-state index is 12.2. The zero-order valence-corrected chi connectivity index (χ0v) is 11.7. The molecular weight excluding hydrogens is 276 g/mol. The molecule has 1 heterocycles. The minimum Gasteiger partial charge on any atom is -0.480 e. The average molecular weight is 294 g/mol. The Kier molecular flexibility index (Phi) is 5.27. The van der Waals surface area contributed by atoms with Crippen molar-refractivity contribution in [2.24, 2.45) is 0 Å². The molecule has 0 bridgehead atoms. The largest absolute Gasteiger partial charge is 0.480 e. The van der Waals surface area contributed by atoms with Gasteiger partial charge in [0.25, 0.3) is 10.2 Å². The molecule has 0 aromatic heterocycles. The zero-order valence-electron chi connectivity index (χ0n) is 10.9. The number of carbonyl (C=O) groups excluding carboxylic acids is 1. The molecule has 0 aliphatic carbocycles. The summed E-state index contributed by atoms with van der Waals surface area (Å²) in [6.07, 6.45) is 1.55. The first-order valence-electron chi connectivity index (χ1n) is 5.83. The van der Waals surface area contributed by atoms with Crippen LogP contribution in [-0.2, 0) is 24.5 Å². The number of carboxylic acid groups (broad SMARTS) is 1. The fourth-order valence-corrected chi connectivity index (χ4v) is 3.44. The van der Waals surface area contributed by atoms with Crippen LogP contribution in [0.15, 0.2) is 0 Å². The molecule has 1 atom stereocenters. The number of esters is 1.